The molecule has 0 saturated carbocycles. The molecule has 1 amide bonds. The van der Waals surface area contributed by atoms with Crippen LogP contribution in [0.4, 0.5) is 4.39 Å². The molecule has 1 unspecified atom stereocenters. The molecular weight excluding hydrogens is 319 g/mol. The third-order valence-electron chi connectivity index (χ3n) is 4.48. The monoisotopic (exact) mass is 336 g/mol. The maximum absolute atomic E-state index is 14.0. The number of aromatic nitrogens is 1. The van der Waals surface area contributed by atoms with Gasteiger partial charge in [0.2, 0.25) is 0 Å². The van der Waals surface area contributed by atoms with Gasteiger partial charge in [-0.05, 0) is 24.3 Å². The van der Waals surface area contributed by atoms with E-state index >= 15 is 0 Å². The Hall–Kier alpha value is -2.79. The number of carbonyl (C=O) groups excluding carboxylic acids is 1. The summed E-state index contributed by atoms with van der Waals surface area (Å²) >= 11 is 0. The first-order valence-corrected chi connectivity index (χ1v) is 8.23. The molecule has 5 heteroatoms. The molecule has 1 saturated heterocycles. The van der Waals surface area contributed by atoms with Crippen LogP contribution in [-0.4, -0.2) is 35.5 Å². The van der Waals surface area contributed by atoms with Gasteiger partial charge in [-0.2, -0.15) is 0 Å². The number of hydrogen-bond acceptors (Lipinski definition) is 3. The third kappa shape index (κ3) is 2.98. The zero-order valence-electron chi connectivity index (χ0n) is 13.6. The minimum atomic E-state index is -0.452. The summed E-state index contributed by atoms with van der Waals surface area (Å²) in [5, 5.41) is 0.823. The number of hydrogen-bond donors (Lipinski definition) is 0. The summed E-state index contributed by atoms with van der Waals surface area (Å²) < 4.78 is 19.7. The van der Waals surface area contributed by atoms with Crippen LogP contribution in [0.25, 0.3) is 10.9 Å². The number of carbonyl (C=O) groups is 1. The maximum Gasteiger partial charge on any atom is 0.254 e. The lowest BCUT2D eigenvalue weighted by molar-refractivity contribution is -0.0242. The average molecular weight is 336 g/mol. The van der Waals surface area contributed by atoms with Crippen LogP contribution in [0, 0.1) is 5.82 Å². The van der Waals surface area contributed by atoms with Crippen molar-refractivity contribution in [2.75, 3.05) is 19.7 Å². The lowest BCUT2D eigenvalue weighted by Gasteiger charge is -2.33. The Balaban J connectivity index is 1.63. The van der Waals surface area contributed by atoms with Gasteiger partial charge < -0.3 is 9.64 Å². The van der Waals surface area contributed by atoms with Crippen molar-refractivity contribution in [3.63, 3.8) is 0 Å². The summed E-state index contributed by atoms with van der Waals surface area (Å²) in [7, 11) is 0. The molecule has 1 aliphatic rings. The fraction of sp³-hybridized carbons (Fsp3) is 0.200. The highest BCUT2D eigenvalue weighted by atomic mass is 19.1. The van der Waals surface area contributed by atoms with E-state index in [1.807, 2.05) is 24.3 Å². The smallest absolute Gasteiger partial charge is 0.254 e. The number of benzene rings is 2. The van der Waals surface area contributed by atoms with Gasteiger partial charge in [-0.3, -0.25) is 9.78 Å². The predicted octanol–water partition coefficient (Wildman–Crippen LogP) is 3.59. The minimum Gasteiger partial charge on any atom is -0.370 e. The Bertz CT molecular complexity index is 923. The Morgan fingerprint density at radius 1 is 1.12 bits per heavy atom. The van der Waals surface area contributed by atoms with Crippen LogP contribution >= 0.6 is 0 Å². The lowest BCUT2D eigenvalue weighted by atomic mass is 10.0. The van der Waals surface area contributed by atoms with Crippen molar-refractivity contribution in [2.45, 2.75) is 6.10 Å². The van der Waals surface area contributed by atoms with E-state index in [0.717, 1.165) is 10.9 Å². The average Bonchev–Trinajstić information content (AvgIpc) is 2.67. The highest BCUT2D eigenvalue weighted by Gasteiger charge is 2.28. The Morgan fingerprint density at radius 3 is 2.88 bits per heavy atom. The molecule has 0 spiro atoms. The quantitative estimate of drug-likeness (QED) is 0.718. The molecule has 4 rings (SSSR count). The molecule has 1 fully saturated rings. The molecule has 0 aliphatic carbocycles. The van der Waals surface area contributed by atoms with Crippen molar-refractivity contribution in [1.29, 1.82) is 0 Å². The molecule has 2 heterocycles. The number of morpholine rings is 1. The number of rotatable bonds is 2. The van der Waals surface area contributed by atoms with E-state index in [0.29, 0.717) is 30.8 Å². The summed E-state index contributed by atoms with van der Waals surface area (Å²) in [5.41, 5.74) is 1.88. The number of ether oxygens (including phenoxy) is 1. The zero-order valence-corrected chi connectivity index (χ0v) is 13.6. The first kappa shape index (κ1) is 15.7. The highest BCUT2D eigenvalue weighted by molar-refractivity contribution is 6.06. The summed E-state index contributed by atoms with van der Waals surface area (Å²) in [6.07, 6.45) is 1.26. The van der Waals surface area contributed by atoms with Crippen LogP contribution in [-0.2, 0) is 4.74 Å². The SMILES string of the molecule is O=C(c1cccc2ncccc12)N1CCOC(c2ccccc2F)C1. The molecule has 3 aromatic rings. The molecule has 2 aromatic carbocycles. The van der Waals surface area contributed by atoms with E-state index in [4.69, 9.17) is 4.74 Å². The van der Waals surface area contributed by atoms with Crippen LogP contribution < -0.4 is 0 Å². The number of amides is 1. The van der Waals surface area contributed by atoms with Crippen molar-refractivity contribution < 1.29 is 13.9 Å². The molecule has 4 nitrogen and oxygen atoms in total. The summed E-state index contributed by atoms with van der Waals surface area (Å²) in [5.74, 6) is -0.389. The predicted molar refractivity (Wildman–Crippen MR) is 92.7 cm³/mol. The van der Waals surface area contributed by atoms with Gasteiger partial charge in [-0.25, -0.2) is 4.39 Å². The number of nitrogens with zero attached hydrogens (tertiary/aromatic N) is 2. The van der Waals surface area contributed by atoms with E-state index in [9.17, 15) is 9.18 Å². The van der Waals surface area contributed by atoms with Gasteiger partial charge in [-0.15, -0.1) is 0 Å². The van der Waals surface area contributed by atoms with Crippen LogP contribution in [0.1, 0.15) is 22.0 Å². The third-order valence-corrected chi connectivity index (χ3v) is 4.48. The standard InChI is InChI=1S/C20H17FN2O2/c21-17-8-2-1-5-16(17)19-13-23(11-12-25-19)20(24)15-6-3-9-18-14(15)7-4-10-22-18/h1-10,19H,11-13H2. The van der Waals surface area contributed by atoms with Crippen molar-refractivity contribution in [3.8, 4) is 0 Å². The molecule has 25 heavy (non-hydrogen) atoms. The number of fused-ring (bicyclic) bond motifs is 1. The van der Waals surface area contributed by atoms with Gasteiger partial charge in [0.1, 0.15) is 11.9 Å². The molecule has 126 valence electrons. The summed E-state index contributed by atoms with van der Waals surface area (Å²) in [6, 6.07) is 15.8. The van der Waals surface area contributed by atoms with Crippen molar-refractivity contribution >= 4 is 16.8 Å². The van der Waals surface area contributed by atoms with Crippen molar-refractivity contribution in [1.82, 2.24) is 9.88 Å². The van der Waals surface area contributed by atoms with Crippen molar-refractivity contribution in [3.05, 3.63) is 77.7 Å². The number of pyridine rings is 1. The van der Waals surface area contributed by atoms with E-state index in [1.54, 1.807) is 35.4 Å². The lowest BCUT2D eigenvalue weighted by Crippen LogP contribution is -2.42. The summed E-state index contributed by atoms with van der Waals surface area (Å²) in [6.45, 7) is 1.20. The molecule has 1 aromatic heterocycles. The topological polar surface area (TPSA) is 42.4 Å². The number of halogens is 1. The van der Waals surface area contributed by atoms with Crippen LogP contribution in [0.5, 0.6) is 0 Å². The van der Waals surface area contributed by atoms with Crippen LogP contribution in [0.15, 0.2) is 60.8 Å². The van der Waals surface area contributed by atoms with E-state index in [2.05, 4.69) is 4.98 Å². The van der Waals surface area contributed by atoms with Gasteiger partial charge in [0.25, 0.3) is 5.91 Å². The summed E-state index contributed by atoms with van der Waals surface area (Å²) in [4.78, 5) is 19.0. The largest absolute Gasteiger partial charge is 0.370 e. The van der Waals surface area contributed by atoms with E-state index in [-0.39, 0.29) is 11.7 Å². The fourth-order valence-electron chi connectivity index (χ4n) is 3.22. The van der Waals surface area contributed by atoms with Gasteiger partial charge in [-0.1, -0.05) is 30.3 Å². The highest BCUT2D eigenvalue weighted by Crippen LogP contribution is 2.26. The first-order chi connectivity index (χ1) is 12.2. The van der Waals surface area contributed by atoms with Crippen molar-refractivity contribution in [2.24, 2.45) is 0 Å². The minimum absolute atomic E-state index is 0.0803. The second-order valence-electron chi connectivity index (χ2n) is 6.01. The molecule has 1 atom stereocenters. The molecule has 0 radical (unpaired) electrons. The Labute approximate surface area is 144 Å². The molecule has 0 bridgehead atoms. The fourth-order valence-corrected chi connectivity index (χ4v) is 3.22. The van der Waals surface area contributed by atoms with Crippen LogP contribution in [0.3, 0.4) is 0 Å². The van der Waals surface area contributed by atoms with Gasteiger partial charge in [0.05, 0.1) is 18.7 Å². The molecule has 0 N–H and O–H groups in total. The Morgan fingerprint density at radius 2 is 2.00 bits per heavy atom. The maximum atomic E-state index is 14.0. The van der Waals surface area contributed by atoms with E-state index < -0.39 is 6.10 Å². The molecular formula is C20H17FN2O2. The van der Waals surface area contributed by atoms with Gasteiger partial charge in [0, 0.05) is 29.3 Å². The van der Waals surface area contributed by atoms with Crippen LogP contribution in [0.2, 0.25) is 0 Å². The second-order valence-corrected chi connectivity index (χ2v) is 6.01. The Kier molecular flexibility index (Phi) is 4.15. The van der Waals surface area contributed by atoms with E-state index in [1.165, 1.54) is 6.07 Å². The normalized spacial score (nSPS) is 17.6. The second kappa shape index (κ2) is 6.61. The molecule has 1 aliphatic heterocycles. The van der Waals surface area contributed by atoms with Gasteiger partial charge >= 0.3 is 0 Å². The van der Waals surface area contributed by atoms with Gasteiger partial charge in [0.15, 0.2) is 0 Å². The first-order valence-electron chi connectivity index (χ1n) is 8.23. The zero-order chi connectivity index (χ0) is 17.2.